The predicted molar refractivity (Wildman–Crippen MR) is 94.6 cm³/mol. The number of benzene rings is 1. The van der Waals surface area contributed by atoms with Gasteiger partial charge < -0.3 is 14.2 Å². The molecule has 0 aromatic heterocycles. The zero-order valence-corrected chi connectivity index (χ0v) is 16.2. The molecule has 1 aromatic rings. The lowest BCUT2D eigenvalue weighted by atomic mass is 9.92. The van der Waals surface area contributed by atoms with Crippen LogP contribution in [-0.2, 0) is 28.6 Å². The van der Waals surface area contributed by atoms with Crippen LogP contribution in [0.5, 0.6) is 0 Å². The smallest absolute Gasteiger partial charge is 0.303 e. The lowest BCUT2D eigenvalue weighted by molar-refractivity contribution is -0.153. The van der Waals surface area contributed by atoms with Crippen molar-refractivity contribution >= 4 is 33.8 Å². The zero-order valence-electron chi connectivity index (χ0n) is 14.6. The molecule has 6 nitrogen and oxygen atoms in total. The fraction of sp³-hybridized carbons (Fsp3) is 0.500. The maximum absolute atomic E-state index is 11.5. The molecule has 1 aromatic carbocycles. The van der Waals surface area contributed by atoms with Crippen molar-refractivity contribution in [1.29, 1.82) is 0 Å². The van der Waals surface area contributed by atoms with Crippen LogP contribution in [0.15, 0.2) is 28.7 Å². The molecule has 0 saturated carbocycles. The topological polar surface area (TPSA) is 78.9 Å². The Morgan fingerprint density at radius 2 is 1.56 bits per heavy atom. The minimum atomic E-state index is -0.553. The van der Waals surface area contributed by atoms with Gasteiger partial charge in [-0.1, -0.05) is 28.1 Å². The summed E-state index contributed by atoms with van der Waals surface area (Å²) in [6.07, 6.45) is 0.580. The molecule has 0 saturated heterocycles. The number of carbonyl (C=O) groups is 3. The van der Waals surface area contributed by atoms with E-state index in [1.165, 1.54) is 20.8 Å². The Morgan fingerprint density at radius 3 is 2.08 bits per heavy atom. The van der Waals surface area contributed by atoms with Gasteiger partial charge in [0.2, 0.25) is 0 Å². The van der Waals surface area contributed by atoms with Gasteiger partial charge in [0.25, 0.3) is 0 Å². The molecule has 0 N–H and O–H groups in total. The second-order valence-electron chi connectivity index (χ2n) is 5.63. The second kappa shape index (κ2) is 10.9. The highest BCUT2D eigenvalue weighted by molar-refractivity contribution is 9.10. The highest BCUT2D eigenvalue weighted by atomic mass is 79.9. The molecular formula is C18H23BrO6. The second-order valence-corrected chi connectivity index (χ2v) is 6.54. The Labute approximate surface area is 156 Å². The fourth-order valence-electron chi connectivity index (χ4n) is 2.38. The van der Waals surface area contributed by atoms with Crippen molar-refractivity contribution in [3.8, 4) is 0 Å². The molecule has 2 unspecified atom stereocenters. The standard InChI is InChI=1S/C18H23BrO6/c1-12(20)23-10-4-5-16(11-24-13(2)21)18(25-14(3)22)15-6-8-17(19)9-7-15/h6-9,16,18H,4-5,10-11H2,1-3H3. The molecule has 0 heterocycles. The summed E-state index contributed by atoms with van der Waals surface area (Å²) in [6, 6.07) is 7.41. The van der Waals surface area contributed by atoms with Crippen LogP contribution in [0, 0.1) is 5.92 Å². The predicted octanol–water partition coefficient (Wildman–Crippen LogP) is 3.58. The summed E-state index contributed by atoms with van der Waals surface area (Å²) in [5.74, 6) is -1.41. The van der Waals surface area contributed by atoms with Gasteiger partial charge in [-0.25, -0.2) is 0 Å². The van der Waals surface area contributed by atoms with Gasteiger partial charge in [-0.15, -0.1) is 0 Å². The number of halogens is 1. The summed E-state index contributed by atoms with van der Waals surface area (Å²) in [5, 5.41) is 0. The normalized spacial score (nSPS) is 12.8. The summed E-state index contributed by atoms with van der Waals surface area (Å²) in [4.78, 5) is 33.6. The molecule has 0 spiro atoms. The molecule has 0 bridgehead atoms. The number of rotatable bonds is 9. The first kappa shape index (κ1) is 21.2. The van der Waals surface area contributed by atoms with E-state index in [1.807, 2.05) is 24.3 Å². The highest BCUT2D eigenvalue weighted by Crippen LogP contribution is 2.31. The van der Waals surface area contributed by atoms with Gasteiger partial charge in [0.1, 0.15) is 6.10 Å². The Morgan fingerprint density at radius 1 is 0.960 bits per heavy atom. The first-order valence-corrected chi connectivity index (χ1v) is 8.78. The molecule has 0 amide bonds. The maximum Gasteiger partial charge on any atom is 0.303 e. The van der Waals surface area contributed by atoms with E-state index in [4.69, 9.17) is 14.2 Å². The van der Waals surface area contributed by atoms with Gasteiger partial charge in [-0.3, -0.25) is 14.4 Å². The summed E-state index contributed by atoms with van der Waals surface area (Å²) in [7, 11) is 0. The summed E-state index contributed by atoms with van der Waals surface area (Å²) in [5.41, 5.74) is 0.808. The van der Waals surface area contributed by atoms with Crippen LogP contribution in [-0.4, -0.2) is 31.1 Å². The van der Waals surface area contributed by atoms with E-state index in [9.17, 15) is 14.4 Å². The Hall–Kier alpha value is -1.89. The minimum Gasteiger partial charge on any atom is -0.466 e. The van der Waals surface area contributed by atoms with Crippen LogP contribution in [0.25, 0.3) is 0 Å². The van der Waals surface area contributed by atoms with E-state index in [0.717, 1.165) is 10.0 Å². The maximum atomic E-state index is 11.5. The highest BCUT2D eigenvalue weighted by Gasteiger charge is 2.27. The molecule has 2 atom stereocenters. The minimum absolute atomic E-state index is 0.114. The van der Waals surface area contributed by atoms with Crippen molar-refractivity contribution in [2.24, 2.45) is 5.92 Å². The lowest BCUT2D eigenvalue weighted by Gasteiger charge is -2.27. The molecule has 25 heavy (non-hydrogen) atoms. The van der Waals surface area contributed by atoms with E-state index in [-0.39, 0.29) is 25.1 Å². The van der Waals surface area contributed by atoms with Crippen LogP contribution in [0.3, 0.4) is 0 Å². The van der Waals surface area contributed by atoms with Crippen molar-refractivity contribution < 1.29 is 28.6 Å². The summed E-state index contributed by atoms with van der Waals surface area (Å²) < 4.78 is 16.5. The average molecular weight is 415 g/mol. The van der Waals surface area contributed by atoms with Crippen molar-refractivity contribution in [3.63, 3.8) is 0 Å². The van der Waals surface area contributed by atoms with E-state index in [2.05, 4.69) is 15.9 Å². The molecule has 0 fully saturated rings. The zero-order chi connectivity index (χ0) is 18.8. The third-order valence-electron chi connectivity index (χ3n) is 3.44. The van der Waals surface area contributed by atoms with E-state index < -0.39 is 18.0 Å². The van der Waals surface area contributed by atoms with Crippen molar-refractivity contribution in [2.75, 3.05) is 13.2 Å². The number of esters is 3. The SMILES string of the molecule is CC(=O)OCCCC(COC(C)=O)C(OC(C)=O)c1ccc(Br)cc1. The molecule has 0 radical (unpaired) electrons. The molecule has 138 valence electrons. The first-order chi connectivity index (χ1) is 11.8. The van der Waals surface area contributed by atoms with Gasteiger partial charge in [0.15, 0.2) is 0 Å². The van der Waals surface area contributed by atoms with Gasteiger partial charge >= 0.3 is 17.9 Å². The van der Waals surface area contributed by atoms with Gasteiger partial charge in [0.05, 0.1) is 13.2 Å². The fourth-order valence-corrected chi connectivity index (χ4v) is 2.64. The Balaban J connectivity index is 2.91. The largest absolute Gasteiger partial charge is 0.466 e. The van der Waals surface area contributed by atoms with Crippen molar-refractivity contribution in [1.82, 2.24) is 0 Å². The quantitative estimate of drug-likeness (QED) is 0.349. The molecule has 0 aliphatic heterocycles. The number of ether oxygens (including phenoxy) is 3. The molecule has 7 heteroatoms. The Kier molecular flexibility index (Phi) is 9.20. The van der Waals surface area contributed by atoms with Crippen LogP contribution >= 0.6 is 15.9 Å². The third kappa shape index (κ3) is 8.67. The first-order valence-electron chi connectivity index (χ1n) is 7.99. The van der Waals surface area contributed by atoms with Crippen LogP contribution in [0.1, 0.15) is 45.3 Å². The lowest BCUT2D eigenvalue weighted by Crippen LogP contribution is -2.24. The van der Waals surface area contributed by atoms with Crippen molar-refractivity contribution in [2.45, 2.75) is 39.7 Å². The molecule has 0 aliphatic carbocycles. The summed E-state index contributed by atoms with van der Waals surface area (Å²) in [6.45, 7) is 4.40. The summed E-state index contributed by atoms with van der Waals surface area (Å²) >= 11 is 3.37. The number of carbonyl (C=O) groups excluding carboxylic acids is 3. The molecular weight excluding hydrogens is 392 g/mol. The van der Waals surface area contributed by atoms with E-state index in [0.29, 0.717) is 12.8 Å². The van der Waals surface area contributed by atoms with E-state index >= 15 is 0 Å². The molecule has 0 aliphatic rings. The van der Waals surface area contributed by atoms with Crippen LogP contribution in [0.2, 0.25) is 0 Å². The van der Waals surface area contributed by atoms with Crippen molar-refractivity contribution in [3.05, 3.63) is 34.3 Å². The van der Waals surface area contributed by atoms with Gasteiger partial charge in [-0.05, 0) is 30.5 Å². The Bertz CT molecular complexity index is 584. The third-order valence-corrected chi connectivity index (χ3v) is 3.97. The van der Waals surface area contributed by atoms with E-state index in [1.54, 1.807) is 0 Å². The van der Waals surface area contributed by atoms with Gasteiger partial charge in [-0.2, -0.15) is 0 Å². The van der Waals surface area contributed by atoms with Gasteiger partial charge in [0, 0.05) is 31.2 Å². The number of hydrogen-bond acceptors (Lipinski definition) is 6. The number of hydrogen-bond donors (Lipinski definition) is 0. The van der Waals surface area contributed by atoms with Crippen LogP contribution < -0.4 is 0 Å². The van der Waals surface area contributed by atoms with Crippen LogP contribution in [0.4, 0.5) is 0 Å². The average Bonchev–Trinajstić information content (AvgIpc) is 2.52. The molecule has 1 rings (SSSR count). The monoisotopic (exact) mass is 414 g/mol.